The molecule has 152 valence electrons. The molecule has 4 nitrogen and oxygen atoms in total. The second-order valence-electron chi connectivity index (χ2n) is 6.99. The van der Waals surface area contributed by atoms with Crippen LogP contribution in [0.15, 0.2) is 60.7 Å². The number of alkyl halides is 1. The molecule has 2 atom stereocenters. The summed E-state index contributed by atoms with van der Waals surface area (Å²) in [5.74, 6) is -0.0334. The zero-order chi connectivity index (χ0) is 20.2. The molecule has 0 radical (unpaired) electrons. The number of nitrogens with zero attached hydrogens (tertiary/aromatic N) is 1. The fourth-order valence-electron chi connectivity index (χ4n) is 2.88. The lowest BCUT2D eigenvalue weighted by Gasteiger charge is -2.27. The molecule has 0 aliphatic heterocycles. The van der Waals surface area contributed by atoms with Crippen LogP contribution in [0.3, 0.4) is 0 Å². The number of ether oxygens (including phenoxy) is 2. The third-order valence-corrected chi connectivity index (χ3v) is 4.35. The van der Waals surface area contributed by atoms with Crippen molar-refractivity contribution in [1.29, 1.82) is 0 Å². The molecule has 0 bridgehead atoms. The van der Waals surface area contributed by atoms with Crippen LogP contribution in [-0.4, -0.2) is 49.3 Å². The smallest absolute Gasteiger partial charge is 0.155 e. The number of benzene rings is 2. The molecule has 0 saturated heterocycles. The summed E-state index contributed by atoms with van der Waals surface area (Å²) in [6.45, 7) is 5.45. The van der Waals surface area contributed by atoms with Crippen LogP contribution in [0.5, 0.6) is 0 Å². The number of Topliss-reactive ketones (excluding diaryl/α,β-unsaturated/α-hetero) is 1. The first kappa shape index (κ1) is 22.2. The summed E-state index contributed by atoms with van der Waals surface area (Å²) in [4.78, 5) is 12.9. The first-order valence-corrected chi connectivity index (χ1v) is 9.67. The molecule has 0 aliphatic rings. The minimum Gasteiger partial charge on any atom is -0.373 e. The lowest BCUT2D eigenvalue weighted by Crippen LogP contribution is -2.36. The summed E-state index contributed by atoms with van der Waals surface area (Å²) in [5, 5.41) is 0. The van der Waals surface area contributed by atoms with E-state index in [4.69, 9.17) is 9.47 Å². The molecule has 2 unspecified atom stereocenters. The van der Waals surface area contributed by atoms with E-state index in [-0.39, 0.29) is 32.1 Å². The summed E-state index contributed by atoms with van der Waals surface area (Å²) >= 11 is 0. The molecule has 5 heteroatoms. The van der Waals surface area contributed by atoms with Crippen LogP contribution in [0.2, 0.25) is 0 Å². The summed E-state index contributed by atoms with van der Waals surface area (Å²) < 4.78 is 25.5. The van der Waals surface area contributed by atoms with Crippen LogP contribution in [0, 0.1) is 0 Å². The number of hydrogen-bond acceptors (Lipinski definition) is 4. The second kappa shape index (κ2) is 12.4. The number of carbonyl (C=O) groups excluding carboxylic acids is 1. The van der Waals surface area contributed by atoms with Crippen molar-refractivity contribution >= 4 is 5.78 Å². The molecule has 0 aromatic heterocycles. The Kier molecular flexibility index (Phi) is 9.83. The van der Waals surface area contributed by atoms with Gasteiger partial charge in [0.1, 0.15) is 12.8 Å². The summed E-state index contributed by atoms with van der Waals surface area (Å²) in [7, 11) is 0. The van der Waals surface area contributed by atoms with E-state index in [1.54, 1.807) is 6.92 Å². The van der Waals surface area contributed by atoms with Crippen LogP contribution in [0.4, 0.5) is 4.39 Å². The van der Waals surface area contributed by atoms with Crippen molar-refractivity contribution < 1.29 is 18.7 Å². The van der Waals surface area contributed by atoms with Crippen molar-refractivity contribution in [2.45, 2.75) is 39.2 Å². The van der Waals surface area contributed by atoms with Crippen molar-refractivity contribution in [3.8, 4) is 0 Å². The predicted molar refractivity (Wildman–Crippen MR) is 109 cm³/mol. The third kappa shape index (κ3) is 8.74. The maximum absolute atomic E-state index is 14.8. The number of hydrogen-bond donors (Lipinski definition) is 0. The van der Waals surface area contributed by atoms with Gasteiger partial charge in [-0.1, -0.05) is 60.7 Å². The van der Waals surface area contributed by atoms with E-state index in [0.29, 0.717) is 13.1 Å². The monoisotopic (exact) mass is 387 g/mol. The summed E-state index contributed by atoms with van der Waals surface area (Å²) in [5.41, 5.74) is 2.30. The Morgan fingerprint density at radius 2 is 1.50 bits per heavy atom. The summed E-state index contributed by atoms with van der Waals surface area (Å²) in [6, 6.07) is 20.2. The number of carbonyl (C=O) groups is 1. The van der Waals surface area contributed by atoms with Gasteiger partial charge in [-0.25, -0.2) is 4.39 Å². The molecule has 2 rings (SSSR count). The van der Waals surface area contributed by atoms with E-state index < -0.39 is 12.3 Å². The predicted octanol–water partition coefficient (Wildman–Crippen LogP) is 4.04. The van der Waals surface area contributed by atoms with Gasteiger partial charge in [0.2, 0.25) is 0 Å². The van der Waals surface area contributed by atoms with Gasteiger partial charge in [0.25, 0.3) is 0 Å². The van der Waals surface area contributed by atoms with Crippen LogP contribution < -0.4 is 0 Å². The van der Waals surface area contributed by atoms with Gasteiger partial charge in [-0.3, -0.25) is 9.69 Å². The largest absolute Gasteiger partial charge is 0.373 e. The Bertz CT molecular complexity index is 639. The second-order valence-corrected chi connectivity index (χ2v) is 6.99. The van der Waals surface area contributed by atoms with E-state index in [9.17, 15) is 9.18 Å². The highest BCUT2D eigenvalue weighted by Crippen LogP contribution is 2.14. The minimum atomic E-state index is -1.12. The maximum Gasteiger partial charge on any atom is 0.155 e. The van der Waals surface area contributed by atoms with E-state index in [2.05, 4.69) is 29.2 Å². The average molecular weight is 387 g/mol. The SMILES string of the molecule is CC(=O)COCCOC(C)C(F)CN(Cc1ccccc1)Cc1ccccc1. The Morgan fingerprint density at radius 3 is 2.00 bits per heavy atom. The molecule has 0 fully saturated rings. The zero-order valence-corrected chi connectivity index (χ0v) is 16.7. The Labute approximate surface area is 167 Å². The van der Waals surface area contributed by atoms with Gasteiger partial charge >= 0.3 is 0 Å². The highest BCUT2D eigenvalue weighted by atomic mass is 19.1. The minimum absolute atomic E-state index is 0.0334. The van der Waals surface area contributed by atoms with Crippen molar-refractivity contribution in [3.05, 3.63) is 71.8 Å². The Hall–Kier alpha value is -2.08. The fourth-order valence-corrected chi connectivity index (χ4v) is 2.88. The van der Waals surface area contributed by atoms with Gasteiger partial charge < -0.3 is 9.47 Å². The normalized spacial score (nSPS) is 13.4. The van der Waals surface area contributed by atoms with E-state index in [0.717, 1.165) is 11.1 Å². The number of ketones is 1. The van der Waals surface area contributed by atoms with Crippen LogP contribution >= 0.6 is 0 Å². The van der Waals surface area contributed by atoms with Crippen LogP contribution in [0.25, 0.3) is 0 Å². The Balaban J connectivity index is 1.87. The molecule has 0 saturated carbocycles. The first-order valence-electron chi connectivity index (χ1n) is 9.67. The van der Waals surface area contributed by atoms with Gasteiger partial charge in [0, 0.05) is 19.6 Å². The maximum atomic E-state index is 14.8. The summed E-state index contributed by atoms with van der Waals surface area (Å²) in [6.07, 6.45) is -1.67. The first-order chi connectivity index (χ1) is 13.5. The van der Waals surface area contributed by atoms with Crippen molar-refractivity contribution in [2.24, 2.45) is 0 Å². The van der Waals surface area contributed by atoms with E-state index >= 15 is 0 Å². The lowest BCUT2D eigenvalue weighted by atomic mass is 10.1. The lowest BCUT2D eigenvalue weighted by molar-refractivity contribution is -0.122. The van der Waals surface area contributed by atoms with E-state index in [1.165, 1.54) is 6.92 Å². The molecule has 0 spiro atoms. The number of rotatable bonds is 13. The van der Waals surface area contributed by atoms with Gasteiger partial charge in [0.15, 0.2) is 5.78 Å². The quantitative estimate of drug-likeness (QED) is 0.486. The molecule has 0 aliphatic carbocycles. The fraction of sp³-hybridized carbons (Fsp3) is 0.435. The van der Waals surface area contributed by atoms with Gasteiger partial charge in [0.05, 0.1) is 19.3 Å². The molecular weight excluding hydrogens is 357 g/mol. The zero-order valence-electron chi connectivity index (χ0n) is 16.7. The van der Waals surface area contributed by atoms with Gasteiger partial charge in [-0.15, -0.1) is 0 Å². The highest BCUT2D eigenvalue weighted by molar-refractivity contribution is 5.76. The molecule has 0 heterocycles. The molecule has 0 N–H and O–H groups in total. The van der Waals surface area contributed by atoms with Crippen molar-refractivity contribution in [2.75, 3.05) is 26.4 Å². The molecule has 0 amide bonds. The number of halogens is 1. The topological polar surface area (TPSA) is 38.8 Å². The third-order valence-electron chi connectivity index (χ3n) is 4.35. The Morgan fingerprint density at radius 1 is 0.964 bits per heavy atom. The van der Waals surface area contributed by atoms with Crippen LogP contribution in [-0.2, 0) is 27.4 Å². The molecule has 28 heavy (non-hydrogen) atoms. The van der Waals surface area contributed by atoms with Gasteiger partial charge in [-0.2, -0.15) is 0 Å². The van der Waals surface area contributed by atoms with Crippen molar-refractivity contribution in [3.63, 3.8) is 0 Å². The molecule has 2 aromatic carbocycles. The van der Waals surface area contributed by atoms with Gasteiger partial charge in [-0.05, 0) is 25.0 Å². The molecular formula is C23H30FNO3. The van der Waals surface area contributed by atoms with Crippen LogP contribution in [0.1, 0.15) is 25.0 Å². The highest BCUT2D eigenvalue weighted by Gasteiger charge is 2.21. The average Bonchev–Trinajstić information content (AvgIpc) is 2.68. The van der Waals surface area contributed by atoms with Crippen molar-refractivity contribution in [1.82, 2.24) is 4.90 Å². The van der Waals surface area contributed by atoms with E-state index in [1.807, 2.05) is 36.4 Å². The molecule has 2 aromatic rings. The standard InChI is InChI=1S/C23H30FNO3/c1-19(26)18-27-13-14-28-20(2)23(24)17-25(15-21-9-5-3-6-10-21)16-22-11-7-4-8-12-22/h3-12,20,23H,13-18H2,1-2H3.